The van der Waals surface area contributed by atoms with Gasteiger partial charge in [0.25, 0.3) is 10.1 Å². The maximum Gasteiger partial charge on any atom is 0.267 e. The molecule has 3 N–H and O–H groups in total. The number of nitrogens with one attached hydrogen (secondary N) is 1. The summed E-state index contributed by atoms with van der Waals surface area (Å²) >= 11 is 0. The molecule has 0 bridgehead atoms. The van der Waals surface area contributed by atoms with Crippen LogP contribution in [-0.4, -0.2) is 41.9 Å². The zero-order valence-corrected chi connectivity index (χ0v) is 23.9. The second-order valence-electron chi connectivity index (χ2n) is 9.29. The Bertz CT molecular complexity index is 812. The molecular weight excluding hydrogens is 486 g/mol. The predicted molar refractivity (Wildman–Crippen MR) is 156 cm³/mol. The van der Waals surface area contributed by atoms with Crippen molar-refractivity contribution < 1.29 is 22.9 Å². The Balaban J connectivity index is 4.32. The molecule has 6 nitrogen and oxygen atoms in total. The average molecular weight is 538 g/mol. The molecule has 0 saturated carbocycles. The summed E-state index contributed by atoms with van der Waals surface area (Å²) in [6.07, 6.45) is 32.2. The molecule has 0 spiro atoms. The van der Waals surface area contributed by atoms with Crippen LogP contribution in [0.15, 0.2) is 60.8 Å². The Morgan fingerprint density at radius 3 is 1.86 bits per heavy atom. The fourth-order valence-electron chi connectivity index (χ4n) is 3.63. The standard InChI is InChI=1S/C30H51NO5S/c1-3-5-7-9-11-13-14-15-16-18-20-22-24-26-30(33)31-28(27-37(34,35)36)29(32)25-23-21-19-17-12-10-8-6-4-2/h5,7,11,13,15-16,20,22-23,25,28-29,32H,3-4,6,8-10,12,14,17-19,21,24,26-27H2,1-2H3,(H,31,33)(H,34,35,36)/b7-5-,13-11-,16-15-,22-20-,25-23+. The van der Waals surface area contributed by atoms with Crippen LogP contribution < -0.4 is 5.32 Å². The minimum Gasteiger partial charge on any atom is -0.387 e. The number of aliphatic hydroxyl groups is 1. The topological polar surface area (TPSA) is 104 Å². The van der Waals surface area contributed by atoms with E-state index in [0.29, 0.717) is 6.42 Å². The van der Waals surface area contributed by atoms with E-state index < -0.39 is 28.0 Å². The molecule has 0 fully saturated rings. The number of rotatable bonds is 23. The van der Waals surface area contributed by atoms with Gasteiger partial charge in [0, 0.05) is 6.42 Å². The maximum atomic E-state index is 12.3. The fourth-order valence-corrected chi connectivity index (χ4v) is 4.37. The van der Waals surface area contributed by atoms with Crippen LogP contribution in [0.4, 0.5) is 0 Å². The molecule has 2 atom stereocenters. The number of amides is 1. The van der Waals surface area contributed by atoms with E-state index in [1.54, 1.807) is 0 Å². The third-order valence-corrected chi connectivity index (χ3v) is 6.49. The first-order chi connectivity index (χ1) is 17.8. The van der Waals surface area contributed by atoms with Gasteiger partial charge in [0.05, 0.1) is 17.9 Å². The monoisotopic (exact) mass is 537 g/mol. The Labute approximate surface area is 226 Å². The predicted octanol–water partition coefficient (Wildman–Crippen LogP) is 7.00. The molecule has 0 aliphatic heterocycles. The van der Waals surface area contributed by atoms with Crippen molar-refractivity contribution in [3.05, 3.63) is 60.8 Å². The van der Waals surface area contributed by atoms with E-state index in [2.05, 4.69) is 55.6 Å². The largest absolute Gasteiger partial charge is 0.387 e. The summed E-state index contributed by atoms with van der Waals surface area (Å²) in [7, 11) is -4.35. The van der Waals surface area contributed by atoms with Gasteiger partial charge in [-0.25, -0.2) is 0 Å². The van der Waals surface area contributed by atoms with Crippen molar-refractivity contribution in [1.82, 2.24) is 5.32 Å². The molecule has 0 radical (unpaired) electrons. The molecule has 0 rings (SSSR count). The van der Waals surface area contributed by atoms with Crippen molar-refractivity contribution in [3.8, 4) is 0 Å². The van der Waals surface area contributed by atoms with E-state index in [9.17, 15) is 22.9 Å². The van der Waals surface area contributed by atoms with Gasteiger partial charge in [-0.2, -0.15) is 8.42 Å². The first-order valence-corrected chi connectivity index (χ1v) is 15.6. The lowest BCUT2D eigenvalue weighted by atomic mass is 10.1. The number of carbonyl (C=O) groups excluding carboxylic acids is 1. The molecular formula is C30H51NO5S. The van der Waals surface area contributed by atoms with Crippen LogP contribution in [-0.2, 0) is 14.9 Å². The van der Waals surface area contributed by atoms with Crippen LogP contribution in [0, 0.1) is 0 Å². The maximum absolute atomic E-state index is 12.3. The normalized spacial score (nSPS) is 14.6. The Morgan fingerprint density at radius 2 is 1.30 bits per heavy atom. The van der Waals surface area contributed by atoms with Gasteiger partial charge < -0.3 is 10.4 Å². The van der Waals surface area contributed by atoms with Crippen LogP contribution in [0.25, 0.3) is 0 Å². The zero-order chi connectivity index (χ0) is 27.6. The molecule has 7 heteroatoms. The Hall–Kier alpha value is -1.96. The van der Waals surface area contributed by atoms with Crippen LogP contribution in [0.5, 0.6) is 0 Å². The van der Waals surface area contributed by atoms with Gasteiger partial charge in [-0.05, 0) is 44.9 Å². The number of aliphatic hydroxyl groups excluding tert-OH is 1. The lowest BCUT2D eigenvalue weighted by Crippen LogP contribution is -2.46. The molecule has 1 amide bonds. The van der Waals surface area contributed by atoms with Crippen LogP contribution in [0.3, 0.4) is 0 Å². The fraction of sp³-hybridized carbons (Fsp3) is 0.633. The van der Waals surface area contributed by atoms with Crippen molar-refractivity contribution in [2.45, 2.75) is 116 Å². The molecule has 37 heavy (non-hydrogen) atoms. The minimum atomic E-state index is -4.35. The minimum absolute atomic E-state index is 0.171. The highest BCUT2D eigenvalue weighted by molar-refractivity contribution is 7.85. The van der Waals surface area contributed by atoms with Crippen LogP contribution in [0.2, 0.25) is 0 Å². The first kappa shape index (κ1) is 35.0. The van der Waals surface area contributed by atoms with E-state index in [0.717, 1.165) is 44.9 Å². The number of hydrogen-bond acceptors (Lipinski definition) is 4. The summed E-state index contributed by atoms with van der Waals surface area (Å²) in [6, 6.07) is -1.09. The molecule has 0 aromatic carbocycles. The second-order valence-corrected chi connectivity index (χ2v) is 10.8. The molecule has 0 saturated heterocycles. The highest BCUT2D eigenvalue weighted by Crippen LogP contribution is 2.09. The van der Waals surface area contributed by atoms with Gasteiger partial charge >= 0.3 is 0 Å². The molecule has 0 heterocycles. The van der Waals surface area contributed by atoms with Gasteiger partial charge in [-0.15, -0.1) is 0 Å². The number of unbranched alkanes of at least 4 members (excludes halogenated alkanes) is 7. The molecule has 0 aromatic rings. The van der Waals surface area contributed by atoms with Gasteiger partial charge in [0.2, 0.25) is 5.91 Å². The van der Waals surface area contributed by atoms with Crippen LogP contribution >= 0.6 is 0 Å². The summed E-state index contributed by atoms with van der Waals surface area (Å²) in [6.45, 7) is 4.31. The van der Waals surface area contributed by atoms with Gasteiger partial charge in [0.15, 0.2) is 0 Å². The van der Waals surface area contributed by atoms with E-state index in [1.807, 2.05) is 18.2 Å². The summed E-state index contributed by atoms with van der Waals surface area (Å²) in [5, 5.41) is 13.0. The Kier molecular flexibility index (Phi) is 23.1. The van der Waals surface area contributed by atoms with Crippen molar-refractivity contribution in [1.29, 1.82) is 0 Å². The zero-order valence-electron chi connectivity index (χ0n) is 23.1. The Morgan fingerprint density at radius 1 is 0.757 bits per heavy atom. The molecule has 0 aliphatic carbocycles. The summed E-state index contributed by atoms with van der Waals surface area (Å²) in [4.78, 5) is 12.3. The molecule has 0 aliphatic rings. The first-order valence-electron chi connectivity index (χ1n) is 14.0. The summed E-state index contributed by atoms with van der Waals surface area (Å²) < 4.78 is 32.0. The van der Waals surface area contributed by atoms with E-state index in [4.69, 9.17) is 0 Å². The third kappa shape index (κ3) is 25.5. The highest BCUT2D eigenvalue weighted by atomic mass is 32.2. The third-order valence-electron chi connectivity index (χ3n) is 5.71. The molecule has 2 unspecified atom stereocenters. The average Bonchev–Trinajstić information content (AvgIpc) is 2.84. The van der Waals surface area contributed by atoms with E-state index >= 15 is 0 Å². The van der Waals surface area contributed by atoms with Crippen molar-refractivity contribution in [2.75, 3.05) is 5.75 Å². The lowest BCUT2D eigenvalue weighted by molar-refractivity contribution is -0.122. The summed E-state index contributed by atoms with van der Waals surface area (Å²) in [5.41, 5.74) is 0. The second kappa shape index (κ2) is 24.4. The number of carbonyl (C=O) groups is 1. The van der Waals surface area contributed by atoms with Crippen molar-refractivity contribution >= 4 is 16.0 Å². The van der Waals surface area contributed by atoms with Gasteiger partial charge in [-0.3, -0.25) is 9.35 Å². The van der Waals surface area contributed by atoms with Crippen LogP contribution in [0.1, 0.15) is 104 Å². The van der Waals surface area contributed by atoms with Crippen molar-refractivity contribution in [2.24, 2.45) is 0 Å². The van der Waals surface area contributed by atoms with E-state index in [-0.39, 0.29) is 12.3 Å². The SMILES string of the molecule is CC/C=C\C/C=C\C/C=C\C/C=C\CCC(=O)NC(CS(=O)(=O)O)C(O)/C=C/CCCCCCCCC. The summed E-state index contributed by atoms with van der Waals surface area (Å²) in [5.74, 6) is -1.10. The van der Waals surface area contributed by atoms with Crippen molar-refractivity contribution in [3.63, 3.8) is 0 Å². The smallest absolute Gasteiger partial charge is 0.267 e. The van der Waals surface area contributed by atoms with Gasteiger partial charge in [0.1, 0.15) is 0 Å². The molecule has 212 valence electrons. The number of hydrogen-bond donors (Lipinski definition) is 3. The number of allylic oxidation sites excluding steroid dienone is 9. The molecule has 0 aromatic heterocycles. The van der Waals surface area contributed by atoms with E-state index in [1.165, 1.54) is 38.2 Å². The lowest BCUT2D eigenvalue weighted by Gasteiger charge is -2.20. The van der Waals surface area contributed by atoms with Gasteiger partial charge in [-0.1, -0.05) is 113 Å². The highest BCUT2D eigenvalue weighted by Gasteiger charge is 2.24. The quantitative estimate of drug-likeness (QED) is 0.0739.